The molecular formula is C10H10N2O2S. The van der Waals surface area contributed by atoms with Gasteiger partial charge < -0.3 is 11.5 Å². The van der Waals surface area contributed by atoms with E-state index in [1.54, 1.807) is 24.3 Å². The number of hydrogen-bond donors (Lipinski definition) is 2. The van der Waals surface area contributed by atoms with Crippen LogP contribution in [0.3, 0.4) is 0 Å². The maximum atomic E-state index is 11.7. The largest absolute Gasteiger partial charge is 0.399 e. The fourth-order valence-corrected chi connectivity index (χ4v) is 2.59. The van der Waals surface area contributed by atoms with Crippen molar-refractivity contribution in [3.05, 3.63) is 47.0 Å². The van der Waals surface area contributed by atoms with Gasteiger partial charge in [-0.3, -0.25) is 0 Å². The summed E-state index contributed by atoms with van der Waals surface area (Å²) < 4.78 is 23.4. The van der Waals surface area contributed by atoms with Crippen LogP contribution in [0.1, 0.15) is 5.56 Å². The average molecular weight is 222 g/mol. The quantitative estimate of drug-likeness (QED) is 0.689. The Morgan fingerprint density at radius 2 is 1.80 bits per heavy atom. The Bertz CT molecular complexity index is 571. The van der Waals surface area contributed by atoms with E-state index >= 15 is 0 Å². The van der Waals surface area contributed by atoms with E-state index in [4.69, 9.17) is 11.5 Å². The highest BCUT2D eigenvalue weighted by Gasteiger charge is 2.26. The molecule has 1 aliphatic rings. The Kier molecular flexibility index (Phi) is 2.04. The fraction of sp³-hybridized carbons (Fsp3) is 0. The third-order valence-electron chi connectivity index (χ3n) is 2.17. The number of hydrogen-bond acceptors (Lipinski definition) is 4. The standard InChI is InChI=1S/C10H10N2O2S/c11-8-3-1-2-7(6-8)9-4-5-10(12)15(9,13)14/h1-6H,11-12H2. The van der Waals surface area contributed by atoms with Gasteiger partial charge >= 0.3 is 0 Å². The molecule has 0 saturated carbocycles. The Labute approximate surface area is 87.8 Å². The summed E-state index contributed by atoms with van der Waals surface area (Å²) in [6.07, 6.45) is 2.87. The van der Waals surface area contributed by atoms with E-state index in [0.717, 1.165) is 0 Å². The molecule has 15 heavy (non-hydrogen) atoms. The second-order valence-corrected chi connectivity index (χ2v) is 5.15. The Morgan fingerprint density at radius 3 is 2.33 bits per heavy atom. The predicted molar refractivity (Wildman–Crippen MR) is 60.0 cm³/mol. The van der Waals surface area contributed by atoms with E-state index in [9.17, 15) is 8.42 Å². The Morgan fingerprint density at radius 1 is 1.07 bits per heavy atom. The zero-order chi connectivity index (χ0) is 11.1. The molecule has 1 aliphatic heterocycles. The highest BCUT2D eigenvalue weighted by Crippen LogP contribution is 2.30. The van der Waals surface area contributed by atoms with Gasteiger partial charge in [0.1, 0.15) is 5.03 Å². The topological polar surface area (TPSA) is 86.2 Å². The van der Waals surface area contributed by atoms with Gasteiger partial charge in [-0.1, -0.05) is 12.1 Å². The summed E-state index contributed by atoms with van der Waals surface area (Å²) in [5.74, 6) is 0. The number of anilines is 1. The monoisotopic (exact) mass is 222 g/mol. The molecule has 4 N–H and O–H groups in total. The van der Waals surface area contributed by atoms with Gasteiger partial charge in [-0.2, -0.15) is 0 Å². The van der Waals surface area contributed by atoms with Crippen molar-refractivity contribution in [2.24, 2.45) is 5.73 Å². The van der Waals surface area contributed by atoms with Gasteiger partial charge in [0.05, 0.1) is 4.91 Å². The number of allylic oxidation sites excluding steroid dienone is 2. The van der Waals surface area contributed by atoms with Crippen LogP contribution < -0.4 is 11.5 Å². The highest BCUT2D eigenvalue weighted by atomic mass is 32.2. The summed E-state index contributed by atoms with van der Waals surface area (Å²) in [4.78, 5) is 0.201. The SMILES string of the molecule is NC1=CC=C(c2cccc(N)c2)S1(=O)=O. The first kappa shape index (κ1) is 9.79. The minimum Gasteiger partial charge on any atom is -0.399 e. The van der Waals surface area contributed by atoms with Gasteiger partial charge in [-0.05, 0) is 29.8 Å². The summed E-state index contributed by atoms with van der Waals surface area (Å²) in [6, 6.07) is 6.69. The molecule has 0 aliphatic carbocycles. The van der Waals surface area contributed by atoms with Gasteiger partial charge in [0.2, 0.25) is 9.84 Å². The zero-order valence-electron chi connectivity index (χ0n) is 7.84. The van der Waals surface area contributed by atoms with Gasteiger partial charge in [0.15, 0.2) is 0 Å². The lowest BCUT2D eigenvalue weighted by molar-refractivity contribution is 0.611. The van der Waals surface area contributed by atoms with Crippen LogP contribution in [0.25, 0.3) is 4.91 Å². The van der Waals surface area contributed by atoms with Gasteiger partial charge in [0.25, 0.3) is 0 Å². The van der Waals surface area contributed by atoms with E-state index in [-0.39, 0.29) is 9.93 Å². The molecule has 1 aromatic rings. The van der Waals surface area contributed by atoms with Crippen molar-refractivity contribution < 1.29 is 8.42 Å². The van der Waals surface area contributed by atoms with E-state index in [0.29, 0.717) is 11.3 Å². The van der Waals surface area contributed by atoms with Crippen LogP contribution in [-0.4, -0.2) is 8.42 Å². The minimum atomic E-state index is -3.49. The zero-order valence-corrected chi connectivity index (χ0v) is 8.66. The summed E-state index contributed by atoms with van der Waals surface area (Å²) in [5, 5.41) is -0.125. The minimum absolute atomic E-state index is 0.125. The molecule has 2 rings (SSSR count). The molecule has 4 nitrogen and oxygen atoms in total. The van der Waals surface area contributed by atoms with Gasteiger partial charge in [-0.25, -0.2) is 8.42 Å². The third kappa shape index (κ3) is 1.50. The van der Waals surface area contributed by atoms with Crippen molar-refractivity contribution in [3.63, 3.8) is 0 Å². The van der Waals surface area contributed by atoms with Crippen molar-refractivity contribution in [1.29, 1.82) is 0 Å². The summed E-state index contributed by atoms with van der Waals surface area (Å²) >= 11 is 0. The molecule has 0 atom stereocenters. The summed E-state index contributed by atoms with van der Waals surface area (Å²) in [5.41, 5.74) is 12.0. The normalized spacial score (nSPS) is 18.4. The van der Waals surface area contributed by atoms with Crippen molar-refractivity contribution in [1.82, 2.24) is 0 Å². The van der Waals surface area contributed by atoms with Crippen LogP contribution in [0.5, 0.6) is 0 Å². The van der Waals surface area contributed by atoms with E-state index in [2.05, 4.69) is 0 Å². The fourth-order valence-electron chi connectivity index (χ4n) is 1.41. The van der Waals surface area contributed by atoms with Crippen LogP contribution in [0.4, 0.5) is 5.69 Å². The molecule has 5 heteroatoms. The van der Waals surface area contributed by atoms with Crippen molar-refractivity contribution >= 4 is 20.4 Å². The Hall–Kier alpha value is -1.75. The summed E-state index contributed by atoms with van der Waals surface area (Å²) in [6.45, 7) is 0. The molecule has 1 aromatic carbocycles. The van der Waals surface area contributed by atoms with Gasteiger partial charge in [0, 0.05) is 5.69 Å². The number of sulfone groups is 1. The second-order valence-electron chi connectivity index (χ2n) is 3.23. The van der Waals surface area contributed by atoms with Crippen molar-refractivity contribution in [2.75, 3.05) is 5.73 Å². The predicted octanol–water partition coefficient (Wildman–Crippen LogP) is 0.838. The number of nitrogens with two attached hydrogens (primary N) is 2. The number of nitrogen functional groups attached to an aromatic ring is 1. The molecule has 0 unspecified atom stereocenters. The molecule has 0 bridgehead atoms. The second kappa shape index (κ2) is 3.13. The molecular weight excluding hydrogens is 212 g/mol. The lowest BCUT2D eigenvalue weighted by atomic mass is 10.2. The molecule has 0 aromatic heterocycles. The molecule has 78 valence electrons. The Balaban J connectivity index is 2.54. The lowest BCUT2D eigenvalue weighted by Gasteiger charge is -2.04. The maximum absolute atomic E-state index is 11.7. The summed E-state index contributed by atoms with van der Waals surface area (Å²) in [7, 11) is -3.49. The maximum Gasteiger partial charge on any atom is 0.221 e. The number of benzene rings is 1. The number of rotatable bonds is 1. The first-order valence-electron chi connectivity index (χ1n) is 4.30. The molecule has 0 saturated heterocycles. The first-order valence-corrected chi connectivity index (χ1v) is 5.78. The molecule has 0 amide bonds. The van der Waals surface area contributed by atoms with Gasteiger partial charge in [-0.15, -0.1) is 0 Å². The third-order valence-corrected chi connectivity index (χ3v) is 3.88. The highest BCUT2D eigenvalue weighted by molar-refractivity contribution is 8.04. The molecule has 0 fully saturated rings. The first-order chi connectivity index (χ1) is 7.01. The smallest absolute Gasteiger partial charge is 0.221 e. The van der Waals surface area contributed by atoms with Crippen molar-refractivity contribution in [3.8, 4) is 0 Å². The van der Waals surface area contributed by atoms with Crippen LogP contribution in [-0.2, 0) is 9.84 Å². The molecule has 1 heterocycles. The molecule has 0 radical (unpaired) electrons. The van der Waals surface area contributed by atoms with E-state index in [1.165, 1.54) is 12.2 Å². The average Bonchev–Trinajstić information content (AvgIpc) is 2.42. The lowest BCUT2D eigenvalue weighted by Crippen LogP contribution is -2.09. The van der Waals surface area contributed by atoms with E-state index in [1.807, 2.05) is 0 Å². The van der Waals surface area contributed by atoms with Crippen LogP contribution in [0, 0.1) is 0 Å². The van der Waals surface area contributed by atoms with E-state index < -0.39 is 9.84 Å². The van der Waals surface area contributed by atoms with Crippen LogP contribution in [0.2, 0.25) is 0 Å². The van der Waals surface area contributed by atoms with Crippen molar-refractivity contribution in [2.45, 2.75) is 0 Å². The molecule has 0 spiro atoms. The van der Waals surface area contributed by atoms with Crippen LogP contribution >= 0.6 is 0 Å². The van der Waals surface area contributed by atoms with Crippen LogP contribution in [0.15, 0.2) is 41.4 Å².